The van der Waals surface area contributed by atoms with E-state index in [1.807, 2.05) is 0 Å². The smallest absolute Gasteiger partial charge is 0.417 e. The van der Waals surface area contributed by atoms with Gasteiger partial charge in [0.25, 0.3) is 0 Å². The van der Waals surface area contributed by atoms with E-state index in [2.05, 4.69) is 6.92 Å². The number of esters is 1. The van der Waals surface area contributed by atoms with Crippen molar-refractivity contribution in [3.05, 3.63) is 0 Å². The maximum absolute atomic E-state index is 12.3. The largest absolute Gasteiger partial charge is 0.467 e. The van der Waals surface area contributed by atoms with Gasteiger partial charge in [0.1, 0.15) is 11.6 Å². The Morgan fingerprint density at radius 3 is 2.45 bits per heavy atom. The van der Waals surface area contributed by atoms with Crippen LogP contribution < -0.4 is 0 Å². The van der Waals surface area contributed by atoms with Crippen molar-refractivity contribution < 1.29 is 23.9 Å². The van der Waals surface area contributed by atoms with Gasteiger partial charge in [-0.05, 0) is 39.5 Å². The molecule has 0 unspecified atom stereocenters. The number of carbonyl (C=O) groups excluding carboxylic acids is 3. The number of hydrogen-bond donors (Lipinski definition) is 0. The van der Waals surface area contributed by atoms with Crippen LogP contribution in [-0.4, -0.2) is 41.6 Å². The Bertz CT molecular complexity index is 427. The van der Waals surface area contributed by atoms with E-state index in [1.165, 1.54) is 7.11 Å². The second kappa shape index (κ2) is 7.61. The number of amides is 2. The summed E-state index contributed by atoms with van der Waals surface area (Å²) in [6, 6.07) is -0.886. The molecule has 0 aliphatic carbocycles. The van der Waals surface area contributed by atoms with Crippen LogP contribution in [0.15, 0.2) is 0 Å². The summed E-state index contributed by atoms with van der Waals surface area (Å²) >= 11 is 0. The monoisotopic (exact) mass is 313 g/mol. The molecule has 1 fully saturated rings. The molecule has 6 heteroatoms. The summed E-state index contributed by atoms with van der Waals surface area (Å²) in [4.78, 5) is 37.5. The number of imide groups is 1. The third kappa shape index (κ3) is 5.00. The highest BCUT2D eigenvalue weighted by atomic mass is 16.6. The number of nitrogens with zero attached hydrogens (tertiary/aromatic N) is 1. The Balaban J connectivity index is 2.91. The van der Waals surface area contributed by atoms with Crippen LogP contribution in [0.1, 0.15) is 59.8 Å². The normalized spacial score (nSPS) is 22.4. The Morgan fingerprint density at radius 2 is 1.95 bits per heavy atom. The fourth-order valence-electron chi connectivity index (χ4n) is 2.61. The molecular weight excluding hydrogens is 286 g/mol. The van der Waals surface area contributed by atoms with Gasteiger partial charge in [0.05, 0.1) is 7.11 Å². The Labute approximate surface area is 132 Å². The van der Waals surface area contributed by atoms with Crippen molar-refractivity contribution in [1.29, 1.82) is 0 Å². The summed E-state index contributed by atoms with van der Waals surface area (Å²) in [5.41, 5.74) is -0.725. The number of piperidine rings is 1. The van der Waals surface area contributed by atoms with Gasteiger partial charge in [-0.3, -0.25) is 4.79 Å². The Morgan fingerprint density at radius 1 is 1.32 bits per heavy atom. The minimum Gasteiger partial charge on any atom is -0.467 e. The van der Waals surface area contributed by atoms with Crippen LogP contribution in [0.5, 0.6) is 0 Å². The standard InChI is InChI=1S/C16H27NO5/c1-6-7-8-11-9-12(14(19)21-5)17(13(18)10-11)15(20)22-16(2,3)4/h11-12H,6-10H2,1-5H3/t11-,12+/m1/s1. The highest BCUT2D eigenvalue weighted by molar-refractivity contribution is 5.98. The zero-order chi connectivity index (χ0) is 16.9. The highest BCUT2D eigenvalue weighted by Gasteiger charge is 2.43. The molecule has 0 aromatic carbocycles. The molecule has 0 radical (unpaired) electrons. The van der Waals surface area contributed by atoms with E-state index >= 15 is 0 Å². The number of likely N-dealkylation sites (tertiary alicyclic amines) is 1. The zero-order valence-corrected chi connectivity index (χ0v) is 14.2. The van der Waals surface area contributed by atoms with E-state index in [0.717, 1.165) is 24.2 Å². The van der Waals surface area contributed by atoms with E-state index in [4.69, 9.17) is 9.47 Å². The van der Waals surface area contributed by atoms with Crippen LogP contribution in [0.4, 0.5) is 4.79 Å². The average molecular weight is 313 g/mol. The van der Waals surface area contributed by atoms with Crippen LogP contribution in [0.2, 0.25) is 0 Å². The maximum atomic E-state index is 12.3. The number of methoxy groups -OCH3 is 1. The predicted molar refractivity (Wildman–Crippen MR) is 81.1 cm³/mol. The SMILES string of the molecule is CCCC[C@H]1CC(=O)N(C(=O)OC(C)(C)C)[C@H](C(=O)OC)C1. The predicted octanol–water partition coefficient (Wildman–Crippen LogP) is 2.89. The Kier molecular flexibility index (Phi) is 6.38. The summed E-state index contributed by atoms with van der Waals surface area (Å²) < 4.78 is 10.0. The lowest BCUT2D eigenvalue weighted by atomic mass is 9.86. The number of hydrogen-bond acceptors (Lipinski definition) is 5. The molecule has 0 aromatic rings. The van der Waals surface area contributed by atoms with Crippen LogP contribution in [0, 0.1) is 5.92 Å². The molecule has 0 bridgehead atoms. The topological polar surface area (TPSA) is 72.9 Å². The zero-order valence-electron chi connectivity index (χ0n) is 14.2. The molecule has 1 saturated heterocycles. The molecule has 1 aliphatic rings. The van der Waals surface area contributed by atoms with E-state index in [0.29, 0.717) is 6.42 Å². The molecule has 2 atom stereocenters. The molecule has 0 aromatic heterocycles. The van der Waals surface area contributed by atoms with Crippen molar-refractivity contribution >= 4 is 18.0 Å². The molecule has 1 aliphatic heterocycles. The van der Waals surface area contributed by atoms with Crippen LogP contribution in [-0.2, 0) is 19.1 Å². The third-order valence-electron chi connectivity index (χ3n) is 3.63. The van der Waals surface area contributed by atoms with Crippen molar-refractivity contribution in [2.24, 2.45) is 5.92 Å². The van der Waals surface area contributed by atoms with Crippen molar-refractivity contribution in [3.8, 4) is 0 Å². The van der Waals surface area contributed by atoms with Gasteiger partial charge in [-0.2, -0.15) is 0 Å². The van der Waals surface area contributed by atoms with E-state index in [-0.39, 0.29) is 18.2 Å². The summed E-state index contributed by atoms with van der Waals surface area (Å²) in [6.07, 6.45) is 2.84. The maximum Gasteiger partial charge on any atom is 0.417 e. The molecule has 2 amide bonds. The van der Waals surface area contributed by atoms with Crippen LogP contribution >= 0.6 is 0 Å². The molecule has 22 heavy (non-hydrogen) atoms. The summed E-state index contributed by atoms with van der Waals surface area (Å²) in [7, 11) is 1.26. The van der Waals surface area contributed by atoms with Gasteiger partial charge in [-0.1, -0.05) is 19.8 Å². The van der Waals surface area contributed by atoms with Gasteiger partial charge in [0, 0.05) is 6.42 Å². The number of ether oxygens (including phenoxy) is 2. The first-order valence-corrected chi connectivity index (χ1v) is 7.82. The second-order valence-electron chi connectivity index (χ2n) is 6.73. The lowest BCUT2D eigenvalue weighted by Gasteiger charge is -2.36. The van der Waals surface area contributed by atoms with Crippen LogP contribution in [0.25, 0.3) is 0 Å². The van der Waals surface area contributed by atoms with Crippen molar-refractivity contribution in [3.63, 3.8) is 0 Å². The van der Waals surface area contributed by atoms with Gasteiger partial charge in [-0.15, -0.1) is 0 Å². The van der Waals surface area contributed by atoms with Gasteiger partial charge >= 0.3 is 12.1 Å². The minimum absolute atomic E-state index is 0.107. The fraction of sp³-hybridized carbons (Fsp3) is 0.812. The molecular formula is C16H27NO5. The van der Waals surface area contributed by atoms with Crippen molar-refractivity contribution in [1.82, 2.24) is 4.90 Å². The third-order valence-corrected chi connectivity index (χ3v) is 3.63. The lowest BCUT2D eigenvalue weighted by Crippen LogP contribution is -2.54. The number of carbonyl (C=O) groups is 3. The second-order valence-corrected chi connectivity index (χ2v) is 6.73. The van der Waals surface area contributed by atoms with Gasteiger partial charge in [0.2, 0.25) is 5.91 Å². The quantitative estimate of drug-likeness (QED) is 0.746. The van der Waals surface area contributed by atoms with Gasteiger partial charge in [-0.25, -0.2) is 14.5 Å². The molecule has 0 saturated carbocycles. The minimum atomic E-state index is -0.886. The summed E-state index contributed by atoms with van der Waals surface area (Å²) in [6.45, 7) is 7.24. The molecule has 1 rings (SSSR count). The van der Waals surface area contributed by atoms with Gasteiger partial charge < -0.3 is 9.47 Å². The van der Waals surface area contributed by atoms with Crippen LogP contribution in [0.3, 0.4) is 0 Å². The average Bonchev–Trinajstić information content (AvgIpc) is 2.41. The first-order chi connectivity index (χ1) is 10.2. The molecule has 0 N–H and O–H groups in total. The van der Waals surface area contributed by atoms with E-state index in [9.17, 15) is 14.4 Å². The number of rotatable bonds is 4. The molecule has 6 nitrogen and oxygen atoms in total. The summed E-state index contributed by atoms with van der Waals surface area (Å²) in [5.74, 6) is -0.826. The van der Waals surface area contributed by atoms with Crippen molar-refractivity contribution in [2.75, 3.05) is 7.11 Å². The number of unbranched alkanes of at least 4 members (excludes halogenated alkanes) is 1. The van der Waals surface area contributed by atoms with E-state index < -0.39 is 23.7 Å². The Hall–Kier alpha value is -1.59. The fourth-order valence-corrected chi connectivity index (χ4v) is 2.61. The molecule has 0 spiro atoms. The van der Waals surface area contributed by atoms with Gasteiger partial charge in [0.15, 0.2) is 0 Å². The first kappa shape index (κ1) is 18.5. The molecule has 126 valence electrons. The van der Waals surface area contributed by atoms with Crippen molar-refractivity contribution in [2.45, 2.75) is 71.4 Å². The first-order valence-electron chi connectivity index (χ1n) is 7.82. The molecule has 1 heterocycles. The lowest BCUT2D eigenvalue weighted by molar-refractivity contribution is -0.156. The van der Waals surface area contributed by atoms with E-state index in [1.54, 1.807) is 20.8 Å². The summed E-state index contributed by atoms with van der Waals surface area (Å²) in [5, 5.41) is 0. The highest BCUT2D eigenvalue weighted by Crippen LogP contribution is 2.30.